The van der Waals surface area contributed by atoms with Gasteiger partial charge in [-0.3, -0.25) is 52.7 Å². The number of primary amides is 2. The van der Waals surface area contributed by atoms with Gasteiger partial charge in [0, 0.05) is 19.4 Å². The first-order valence-electron chi connectivity index (χ1n) is 24.1. The second kappa shape index (κ2) is 31.8. The van der Waals surface area contributed by atoms with Gasteiger partial charge in [0.25, 0.3) is 0 Å². The van der Waals surface area contributed by atoms with E-state index in [-0.39, 0.29) is 58.0 Å². The van der Waals surface area contributed by atoms with E-state index in [2.05, 4.69) is 53.2 Å². The number of urea groups is 1. The van der Waals surface area contributed by atoms with E-state index in [1.165, 1.54) is 0 Å². The molecule has 0 bridgehead atoms. The van der Waals surface area contributed by atoms with Crippen LogP contribution in [0.15, 0.2) is 30.3 Å². The molecular weight excluding hydrogens is 959 g/mol. The number of aliphatic hydroxyl groups is 1. The molecule has 0 unspecified atom stereocenters. The van der Waals surface area contributed by atoms with Gasteiger partial charge in [-0.2, -0.15) is 0 Å². The maximum Gasteiger partial charge on any atom is 0.312 e. The molecule has 0 aliphatic carbocycles. The molecule has 27 heteroatoms. The summed E-state index contributed by atoms with van der Waals surface area (Å²) in [5.41, 5.74) is 17.0. The second-order valence-corrected chi connectivity index (χ2v) is 17.9. The van der Waals surface area contributed by atoms with Crippen LogP contribution in [0.4, 0.5) is 4.79 Å². The van der Waals surface area contributed by atoms with E-state index in [1.807, 2.05) is 0 Å². The van der Waals surface area contributed by atoms with Gasteiger partial charge in [-0.05, 0) is 62.5 Å². The molecule has 18 N–H and O–H groups in total. The Balaban J connectivity index is 2.81. The molecule has 1 heterocycles. The number of aliphatic carboxylic acids is 1. The quantitative estimate of drug-likeness (QED) is 0.0579. The van der Waals surface area contributed by atoms with Gasteiger partial charge in [-0.25, -0.2) is 4.79 Å². The highest BCUT2D eigenvalue weighted by atomic mass is 16.4. The molecule has 27 nitrogen and oxygen atoms in total. The molecule has 1 aromatic carbocycles. The van der Waals surface area contributed by atoms with Crippen molar-refractivity contribution in [3.8, 4) is 0 Å². The van der Waals surface area contributed by atoms with Crippen molar-refractivity contribution in [2.24, 2.45) is 29.0 Å². The summed E-state index contributed by atoms with van der Waals surface area (Å²) in [6.45, 7) is 4.56. The highest BCUT2D eigenvalue weighted by Gasteiger charge is 2.37. The molecule has 0 radical (unpaired) electrons. The maximum absolute atomic E-state index is 14.3. The second-order valence-electron chi connectivity index (χ2n) is 17.9. The van der Waals surface area contributed by atoms with Crippen LogP contribution >= 0.6 is 0 Å². The summed E-state index contributed by atoms with van der Waals surface area (Å²) in [5, 5.41) is 44.2. The number of aliphatic hydroxyl groups excluding tert-OH is 1. The van der Waals surface area contributed by atoms with Crippen molar-refractivity contribution in [3.63, 3.8) is 0 Å². The molecule has 1 aromatic rings. The Morgan fingerprint density at radius 1 is 0.630 bits per heavy atom. The predicted octanol–water partition coefficient (Wildman–Crippen LogP) is -4.75. The number of carboxylic acids is 1. The Bertz CT molecular complexity index is 2100. The van der Waals surface area contributed by atoms with Crippen LogP contribution in [0.3, 0.4) is 0 Å². The van der Waals surface area contributed by atoms with Gasteiger partial charge in [0.05, 0.1) is 19.6 Å². The molecule has 12 amide bonds. The van der Waals surface area contributed by atoms with Crippen LogP contribution in [0.5, 0.6) is 0 Å². The van der Waals surface area contributed by atoms with E-state index in [0.717, 1.165) is 0 Å². The van der Waals surface area contributed by atoms with E-state index < -0.39 is 157 Å². The lowest BCUT2D eigenvalue weighted by atomic mass is 9.96. The third-order valence-corrected chi connectivity index (χ3v) is 11.7. The molecular formula is C46H73N13O14. The fourth-order valence-electron chi connectivity index (χ4n) is 7.36. The largest absolute Gasteiger partial charge is 0.481 e. The summed E-state index contributed by atoms with van der Waals surface area (Å²) in [6, 6.07) is -4.91. The molecule has 1 aliphatic rings. The average Bonchev–Trinajstić information content (AvgIpc) is 3.33. The predicted molar refractivity (Wildman–Crippen MR) is 260 cm³/mol. The average molecular weight is 1030 g/mol. The standard InChI is InChI=1S/C46H73N13O14/c1-5-25(4)37-45(72)57-31(21-35(63)64)38(65)51-22-34(62)52-32(23-60)43(70)58-36(24(2)3)44(71)56-30(20-26-12-7-6-8-13-26)42(69)55-29(16-17-33(48)61)40(67)53-27(14-9-10-18-47)39(66)54-28(41(68)59-37)15-11-19-50-46(49)73/h6-8,12-13,24-25,27-32,36-37,60H,5,9-11,14-23,47H2,1-4H3,(H2,48,61)(H,51,65)(H,52,62)(H,53,67)(H,54,66)(H,55,69)(H,56,71)(H,57,72)(H,58,70)(H,59,68)(H,63,64)(H3,49,50,73)/t25-,27-,28-,29-,30-,31-,32-,36-,37-/m0/s1. The number of hydrogen-bond donors (Lipinski definition) is 15. The van der Waals surface area contributed by atoms with Crippen LogP contribution in [0.1, 0.15) is 91.0 Å². The van der Waals surface area contributed by atoms with Crippen LogP contribution in [0, 0.1) is 11.8 Å². The van der Waals surface area contributed by atoms with Crippen LogP contribution in [-0.4, -0.2) is 156 Å². The topological polar surface area (TPSA) is 444 Å². The number of unbranched alkanes of at least 4 members (excludes halogenated alkanes) is 1. The van der Waals surface area contributed by atoms with Crippen molar-refractivity contribution >= 4 is 71.1 Å². The fraction of sp³-hybridized carbons (Fsp3) is 0.609. The monoisotopic (exact) mass is 1030 g/mol. The molecule has 1 fully saturated rings. The lowest BCUT2D eigenvalue weighted by molar-refractivity contribution is -0.141. The molecule has 73 heavy (non-hydrogen) atoms. The smallest absolute Gasteiger partial charge is 0.312 e. The number of amides is 12. The Morgan fingerprint density at radius 2 is 1.14 bits per heavy atom. The van der Waals surface area contributed by atoms with E-state index in [0.29, 0.717) is 12.0 Å². The zero-order valence-corrected chi connectivity index (χ0v) is 41.6. The third kappa shape index (κ3) is 22.3. The highest BCUT2D eigenvalue weighted by Crippen LogP contribution is 2.13. The number of carbonyl (C=O) groups excluding carboxylic acids is 11. The van der Waals surface area contributed by atoms with Gasteiger partial charge >= 0.3 is 12.0 Å². The number of benzene rings is 1. The van der Waals surface area contributed by atoms with Crippen LogP contribution in [0.2, 0.25) is 0 Å². The maximum atomic E-state index is 14.3. The normalized spacial score (nSPS) is 24.1. The van der Waals surface area contributed by atoms with Crippen molar-refractivity contribution in [2.75, 3.05) is 26.2 Å². The van der Waals surface area contributed by atoms with Crippen molar-refractivity contribution in [3.05, 3.63) is 35.9 Å². The first-order valence-corrected chi connectivity index (χ1v) is 24.1. The summed E-state index contributed by atoms with van der Waals surface area (Å²) < 4.78 is 0. The molecule has 406 valence electrons. The summed E-state index contributed by atoms with van der Waals surface area (Å²) in [5.74, 6) is -12.8. The zero-order chi connectivity index (χ0) is 54.8. The van der Waals surface area contributed by atoms with Crippen molar-refractivity contribution in [1.82, 2.24) is 53.2 Å². The van der Waals surface area contributed by atoms with Crippen molar-refractivity contribution in [1.29, 1.82) is 0 Å². The van der Waals surface area contributed by atoms with Gasteiger partial charge < -0.3 is 80.6 Å². The van der Waals surface area contributed by atoms with Crippen LogP contribution < -0.4 is 70.4 Å². The minimum atomic E-state index is -1.83. The van der Waals surface area contributed by atoms with Crippen LogP contribution in [-0.2, 0) is 59.2 Å². The number of carboxylic acid groups (broad SMARTS) is 1. The number of carbonyl (C=O) groups is 12. The van der Waals surface area contributed by atoms with Crippen LogP contribution in [0.25, 0.3) is 0 Å². The number of hydrogen-bond acceptors (Lipinski definition) is 14. The van der Waals surface area contributed by atoms with Crippen molar-refractivity contribution in [2.45, 2.75) is 140 Å². The number of rotatable bonds is 19. The highest BCUT2D eigenvalue weighted by molar-refractivity contribution is 5.99. The molecule has 1 aliphatic heterocycles. The summed E-state index contributed by atoms with van der Waals surface area (Å²) in [7, 11) is 0. The lowest BCUT2D eigenvalue weighted by Crippen LogP contribution is -2.61. The first-order chi connectivity index (χ1) is 34.5. The molecule has 0 spiro atoms. The molecule has 1 saturated heterocycles. The van der Waals surface area contributed by atoms with E-state index in [1.54, 1.807) is 58.0 Å². The lowest BCUT2D eigenvalue weighted by Gasteiger charge is -2.29. The number of nitrogens with one attached hydrogen (secondary N) is 10. The minimum absolute atomic E-state index is 0.0310. The summed E-state index contributed by atoms with van der Waals surface area (Å²) >= 11 is 0. The Labute approximate surface area is 422 Å². The van der Waals surface area contributed by atoms with Gasteiger partial charge in [0.2, 0.25) is 59.1 Å². The third-order valence-electron chi connectivity index (χ3n) is 11.7. The van der Waals surface area contributed by atoms with E-state index in [4.69, 9.17) is 17.2 Å². The van der Waals surface area contributed by atoms with Gasteiger partial charge in [0.15, 0.2) is 0 Å². The SMILES string of the molecule is CC[C@H](C)[C@@H]1NC(=O)[C@H](CCCNC(N)=O)NC(=O)[C@H](CCCCN)NC(=O)[C@H](CCC(N)=O)NC(=O)[C@H](Cc2ccccc2)NC(=O)[C@H](C(C)C)NC(=O)[C@H](CO)NC(=O)CNC(=O)[C@H](CC(=O)O)NC1=O. The van der Waals surface area contributed by atoms with E-state index >= 15 is 0 Å². The molecule has 2 rings (SSSR count). The summed E-state index contributed by atoms with van der Waals surface area (Å²) in [6.07, 6.45) is -1.34. The van der Waals surface area contributed by atoms with Gasteiger partial charge in [-0.1, -0.05) is 64.4 Å². The Morgan fingerprint density at radius 3 is 1.67 bits per heavy atom. The Kier molecular flexibility index (Phi) is 26.9. The molecule has 0 aromatic heterocycles. The molecule has 9 atom stereocenters. The summed E-state index contributed by atoms with van der Waals surface area (Å²) in [4.78, 5) is 160. The molecule has 0 saturated carbocycles. The Hall–Kier alpha value is -7.42. The number of nitrogens with two attached hydrogens (primary N) is 3. The first kappa shape index (κ1) is 61.7. The van der Waals surface area contributed by atoms with Gasteiger partial charge in [0.1, 0.15) is 48.3 Å². The zero-order valence-electron chi connectivity index (χ0n) is 41.6. The van der Waals surface area contributed by atoms with Crippen molar-refractivity contribution < 1.29 is 67.7 Å². The van der Waals surface area contributed by atoms with Gasteiger partial charge in [-0.15, -0.1) is 0 Å². The van der Waals surface area contributed by atoms with E-state index in [9.17, 15) is 67.7 Å². The fourth-order valence-corrected chi connectivity index (χ4v) is 7.36. The minimum Gasteiger partial charge on any atom is -0.481 e.